The molecule has 0 aromatic heterocycles. The van der Waals surface area contributed by atoms with Crippen molar-refractivity contribution in [2.45, 2.75) is 13.3 Å². The van der Waals surface area contributed by atoms with E-state index < -0.39 is 5.97 Å². The van der Waals surface area contributed by atoms with Crippen molar-refractivity contribution >= 4 is 33.5 Å². The van der Waals surface area contributed by atoms with Gasteiger partial charge in [0.2, 0.25) is 5.91 Å². The minimum atomic E-state index is -0.943. The number of nitrogens with zero attached hydrogens (tertiary/aromatic N) is 2. The van der Waals surface area contributed by atoms with E-state index in [1.807, 2.05) is 17.0 Å². The van der Waals surface area contributed by atoms with E-state index in [0.717, 1.165) is 31.7 Å². The summed E-state index contributed by atoms with van der Waals surface area (Å²) in [6, 6.07) is 5.25. The fraction of sp³-hybridized carbons (Fsp3) is 0.429. The lowest BCUT2D eigenvalue weighted by Crippen LogP contribution is -2.33. The van der Waals surface area contributed by atoms with E-state index in [2.05, 4.69) is 20.8 Å². The summed E-state index contributed by atoms with van der Waals surface area (Å²) in [5, 5.41) is 9.02. The van der Waals surface area contributed by atoms with Crippen LogP contribution in [0.4, 0.5) is 5.69 Å². The van der Waals surface area contributed by atoms with E-state index in [0.29, 0.717) is 11.0 Å². The smallest absolute Gasteiger partial charge is 0.336 e. The second kappa shape index (κ2) is 6.26. The van der Waals surface area contributed by atoms with Crippen molar-refractivity contribution in [1.82, 2.24) is 4.90 Å². The maximum atomic E-state index is 11.4. The van der Waals surface area contributed by atoms with Gasteiger partial charge in [0, 0.05) is 43.3 Å². The van der Waals surface area contributed by atoms with Crippen LogP contribution in [0.1, 0.15) is 23.7 Å². The SMILES string of the molecule is CC(=O)N1CCCN(c2ccc(C(=O)O)c(Br)c2)CC1. The van der Waals surface area contributed by atoms with Crippen molar-refractivity contribution in [2.24, 2.45) is 0 Å². The number of carboxylic acids is 1. The predicted molar refractivity (Wildman–Crippen MR) is 80.2 cm³/mol. The van der Waals surface area contributed by atoms with Crippen molar-refractivity contribution < 1.29 is 14.7 Å². The van der Waals surface area contributed by atoms with Gasteiger partial charge in [0.1, 0.15) is 0 Å². The van der Waals surface area contributed by atoms with E-state index >= 15 is 0 Å². The molecule has 0 atom stereocenters. The molecule has 1 fully saturated rings. The van der Waals surface area contributed by atoms with Crippen molar-refractivity contribution in [3.8, 4) is 0 Å². The summed E-state index contributed by atoms with van der Waals surface area (Å²) in [4.78, 5) is 26.4. The monoisotopic (exact) mass is 340 g/mol. The second-order valence-corrected chi connectivity index (χ2v) is 5.67. The molecule has 1 amide bonds. The Balaban J connectivity index is 2.14. The van der Waals surface area contributed by atoms with Gasteiger partial charge in [0.05, 0.1) is 5.56 Å². The van der Waals surface area contributed by atoms with Crippen LogP contribution < -0.4 is 4.90 Å². The number of carbonyl (C=O) groups excluding carboxylic acids is 1. The van der Waals surface area contributed by atoms with Crippen molar-refractivity contribution in [1.29, 1.82) is 0 Å². The van der Waals surface area contributed by atoms with Crippen molar-refractivity contribution in [2.75, 3.05) is 31.1 Å². The zero-order chi connectivity index (χ0) is 14.7. The predicted octanol–water partition coefficient (Wildman–Crippen LogP) is 2.21. The number of rotatable bonds is 2. The van der Waals surface area contributed by atoms with Gasteiger partial charge in [0.25, 0.3) is 0 Å². The van der Waals surface area contributed by atoms with Gasteiger partial charge in [-0.25, -0.2) is 4.79 Å². The van der Waals surface area contributed by atoms with Crippen LogP contribution in [-0.4, -0.2) is 48.1 Å². The first-order valence-corrected chi connectivity index (χ1v) is 7.31. The number of anilines is 1. The van der Waals surface area contributed by atoms with Crippen LogP contribution in [0.15, 0.2) is 22.7 Å². The second-order valence-electron chi connectivity index (χ2n) is 4.82. The standard InChI is InChI=1S/C14H17BrN2O3/c1-10(18)16-5-2-6-17(8-7-16)11-3-4-12(14(19)20)13(15)9-11/h3-4,9H,2,5-8H2,1H3,(H,19,20). The fourth-order valence-electron chi connectivity index (χ4n) is 2.36. The first kappa shape index (κ1) is 14.8. The summed E-state index contributed by atoms with van der Waals surface area (Å²) >= 11 is 3.30. The molecule has 0 aliphatic carbocycles. The van der Waals surface area contributed by atoms with Gasteiger partial charge in [-0.3, -0.25) is 4.79 Å². The molecule has 108 valence electrons. The number of carbonyl (C=O) groups is 2. The Kier molecular flexibility index (Phi) is 4.65. The highest BCUT2D eigenvalue weighted by Crippen LogP contribution is 2.25. The topological polar surface area (TPSA) is 60.9 Å². The Morgan fingerprint density at radius 3 is 2.55 bits per heavy atom. The zero-order valence-corrected chi connectivity index (χ0v) is 12.9. The van der Waals surface area contributed by atoms with Crippen LogP contribution in [-0.2, 0) is 4.79 Å². The van der Waals surface area contributed by atoms with Gasteiger partial charge >= 0.3 is 5.97 Å². The average Bonchev–Trinajstić information content (AvgIpc) is 2.63. The van der Waals surface area contributed by atoms with E-state index in [9.17, 15) is 9.59 Å². The first-order chi connectivity index (χ1) is 9.49. The Hall–Kier alpha value is -1.56. The number of hydrogen-bond acceptors (Lipinski definition) is 3. The molecule has 1 saturated heterocycles. The van der Waals surface area contributed by atoms with E-state index in [1.165, 1.54) is 0 Å². The number of amides is 1. The van der Waals surface area contributed by atoms with Crippen LogP contribution in [0, 0.1) is 0 Å². The molecule has 0 saturated carbocycles. The minimum absolute atomic E-state index is 0.106. The summed E-state index contributed by atoms with van der Waals surface area (Å²) in [6.45, 7) is 4.70. The summed E-state index contributed by atoms with van der Waals surface area (Å²) in [6.07, 6.45) is 0.915. The van der Waals surface area contributed by atoms with Gasteiger partial charge in [0.15, 0.2) is 0 Å². The lowest BCUT2D eigenvalue weighted by molar-refractivity contribution is -0.128. The number of hydrogen-bond donors (Lipinski definition) is 1. The number of halogens is 1. The van der Waals surface area contributed by atoms with Gasteiger partial charge in [-0.1, -0.05) is 0 Å². The highest BCUT2D eigenvalue weighted by Gasteiger charge is 2.18. The normalized spacial score (nSPS) is 15.9. The first-order valence-electron chi connectivity index (χ1n) is 6.52. The van der Waals surface area contributed by atoms with E-state index in [4.69, 9.17) is 5.11 Å². The average molecular weight is 341 g/mol. The Morgan fingerprint density at radius 2 is 1.95 bits per heavy atom. The third-order valence-electron chi connectivity index (χ3n) is 3.49. The van der Waals surface area contributed by atoms with Crippen LogP contribution >= 0.6 is 15.9 Å². The fourth-order valence-corrected chi connectivity index (χ4v) is 2.90. The van der Waals surface area contributed by atoms with Crippen LogP contribution in [0.25, 0.3) is 0 Å². The molecule has 1 aromatic carbocycles. The largest absolute Gasteiger partial charge is 0.478 e. The number of aromatic carboxylic acids is 1. The molecule has 6 heteroatoms. The summed E-state index contributed by atoms with van der Waals surface area (Å²) in [7, 11) is 0. The molecule has 1 heterocycles. The highest BCUT2D eigenvalue weighted by molar-refractivity contribution is 9.10. The molecule has 1 N–H and O–H groups in total. The van der Waals surface area contributed by atoms with Crippen LogP contribution in [0.2, 0.25) is 0 Å². The molecule has 2 rings (SSSR count). The third-order valence-corrected chi connectivity index (χ3v) is 4.15. The molecule has 0 bridgehead atoms. The molecular weight excluding hydrogens is 324 g/mol. The quantitative estimate of drug-likeness (QED) is 0.896. The highest BCUT2D eigenvalue weighted by atomic mass is 79.9. The lowest BCUT2D eigenvalue weighted by atomic mass is 10.2. The maximum Gasteiger partial charge on any atom is 0.336 e. The Labute approximate surface area is 126 Å². The minimum Gasteiger partial charge on any atom is -0.478 e. The molecule has 0 radical (unpaired) electrons. The molecule has 5 nitrogen and oxygen atoms in total. The number of benzene rings is 1. The molecule has 1 aromatic rings. The number of carboxylic acid groups (broad SMARTS) is 1. The van der Waals surface area contributed by atoms with Gasteiger partial charge < -0.3 is 14.9 Å². The van der Waals surface area contributed by atoms with Gasteiger partial charge in [-0.15, -0.1) is 0 Å². The van der Waals surface area contributed by atoms with Crippen LogP contribution in [0.5, 0.6) is 0 Å². The van der Waals surface area contributed by atoms with Gasteiger partial charge in [-0.05, 0) is 40.5 Å². The van der Waals surface area contributed by atoms with E-state index in [1.54, 1.807) is 13.0 Å². The van der Waals surface area contributed by atoms with Gasteiger partial charge in [-0.2, -0.15) is 0 Å². The van der Waals surface area contributed by atoms with Crippen molar-refractivity contribution in [3.63, 3.8) is 0 Å². The molecule has 0 unspecified atom stereocenters. The molecule has 20 heavy (non-hydrogen) atoms. The maximum absolute atomic E-state index is 11.4. The summed E-state index contributed by atoms with van der Waals surface area (Å²) in [5.74, 6) is -0.837. The third kappa shape index (κ3) is 3.30. The van der Waals surface area contributed by atoms with Crippen molar-refractivity contribution in [3.05, 3.63) is 28.2 Å². The Bertz CT molecular complexity index is 533. The zero-order valence-electron chi connectivity index (χ0n) is 11.3. The molecule has 0 spiro atoms. The summed E-state index contributed by atoms with van der Waals surface area (Å²) < 4.78 is 0.579. The Morgan fingerprint density at radius 1 is 1.20 bits per heavy atom. The lowest BCUT2D eigenvalue weighted by Gasteiger charge is -2.23. The molecule has 1 aliphatic rings. The molecule has 1 aliphatic heterocycles. The van der Waals surface area contributed by atoms with E-state index in [-0.39, 0.29) is 11.5 Å². The summed E-state index contributed by atoms with van der Waals surface area (Å²) in [5.41, 5.74) is 1.24. The van der Waals surface area contributed by atoms with Crippen LogP contribution in [0.3, 0.4) is 0 Å². The molecular formula is C14H17BrN2O3.